The number of hydrogen-bond acceptors (Lipinski definition) is 5. The number of benzene rings is 2. The number of ether oxygens (including phenoxy) is 1. The summed E-state index contributed by atoms with van der Waals surface area (Å²) in [6.07, 6.45) is 0. The van der Waals surface area contributed by atoms with E-state index in [1.54, 1.807) is 0 Å². The van der Waals surface area contributed by atoms with Crippen molar-refractivity contribution in [1.29, 1.82) is 0 Å². The molecule has 1 aromatic heterocycles. The summed E-state index contributed by atoms with van der Waals surface area (Å²) in [5.41, 5.74) is 5.46. The van der Waals surface area contributed by atoms with Crippen LogP contribution in [0, 0.1) is 27.7 Å². The number of nitrogens with zero attached hydrogens (tertiary/aromatic N) is 3. The number of amides is 1. The molecule has 1 N–H and O–H groups in total. The Morgan fingerprint density at radius 1 is 1.03 bits per heavy atom. The molecule has 0 atom stereocenters. The summed E-state index contributed by atoms with van der Waals surface area (Å²) in [5, 5.41) is 12.2. The molecule has 158 valence electrons. The van der Waals surface area contributed by atoms with Crippen molar-refractivity contribution in [3.63, 3.8) is 0 Å². The average Bonchev–Trinajstić information content (AvgIpc) is 3.10. The standard InChI is InChI=1S/C23H28N4O2S/c1-6-27-21(13-29-20-10-7-15(2)11-18(20)5)25-26-23(27)30-14-22(28)24-19-9-8-16(3)17(4)12-19/h7-12H,6,13-14H2,1-5H3,(H,24,28). The lowest BCUT2D eigenvalue weighted by Crippen LogP contribution is -2.15. The Hall–Kier alpha value is -2.80. The number of aromatic nitrogens is 3. The first-order valence-corrected chi connectivity index (χ1v) is 11.0. The molecule has 0 aliphatic carbocycles. The Kier molecular flexibility index (Phi) is 7.15. The molecule has 0 unspecified atom stereocenters. The van der Waals surface area contributed by atoms with E-state index in [4.69, 9.17) is 4.74 Å². The molecule has 1 heterocycles. The molecule has 0 aliphatic rings. The summed E-state index contributed by atoms with van der Waals surface area (Å²) >= 11 is 1.38. The first-order valence-electron chi connectivity index (χ1n) is 9.99. The van der Waals surface area contributed by atoms with Crippen molar-refractivity contribution in [1.82, 2.24) is 14.8 Å². The third kappa shape index (κ3) is 5.42. The van der Waals surface area contributed by atoms with E-state index in [1.807, 2.05) is 55.7 Å². The summed E-state index contributed by atoms with van der Waals surface area (Å²) in [6.45, 7) is 11.2. The van der Waals surface area contributed by atoms with E-state index < -0.39 is 0 Å². The topological polar surface area (TPSA) is 69.0 Å². The van der Waals surface area contributed by atoms with Gasteiger partial charge in [-0.1, -0.05) is 35.5 Å². The van der Waals surface area contributed by atoms with E-state index in [1.165, 1.54) is 22.9 Å². The van der Waals surface area contributed by atoms with Crippen LogP contribution in [0.25, 0.3) is 0 Å². The van der Waals surface area contributed by atoms with Gasteiger partial charge in [0, 0.05) is 12.2 Å². The first kappa shape index (κ1) is 21.9. The number of carbonyl (C=O) groups excluding carboxylic acids is 1. The summed E-state index contributed by atoms with van der Waals surface area (Å²) in [6, 6.07) is 12.0. The normalized spacial score (nSPS) is 10.8. The van der Waals surface area contributed by atoms with E-state index in [0.29, 0.717) is 18.3 Å². The van der Waals surface area contributed by atoms with Crippen molar-refractivity contribution in [2.75, 3.05) is 11.1 Å². The van der Waals surface area contributed by atoms with E-state index in [9.17, 15) is 4.79 Å². The number of anilines is 1. The molecular formula is C23H28N4O2S. The van der Waals surface area contributed by atoms with E-state index in [2.05, 4.69) is 35.4 Å². The number of hydrogen-bond donors (Lipinski definition) is 1. The second kappa shape index (κ2) is 9.80. The van der Waals surface area contributed by atoms with Crippen LogP contribution in [0.4, 0.5) is 5.69 Å². The predicted octanol–water partition coefficient (Wildman–Crippen LogP) is 4.84. The van der Waals surface area contributed by atoms with Crippen LogP contribution in [0.15, 0.2) is 41.6 Å². The Bertz CT molecular complexity index is 1050. The summed E-state index contributed by atoms with van der Waals surface area (Å²) in [5.74, 6) is 1.79. The van der Waals surface area contributed by atoms with Crippen LogP contribution in [-0.4, -0.2) is 26.4 Å². The molecule has 0 aliphatic heterocycles. The third-order valence-electron chi connectivity index (χ3n) is 4.92. The molecular weight excluding hydrogens is 396 g/mol. The summed E-state index contributed by atoms with van der Waals surface area (Å²) in [4.78, 5) is 12.4. The van der Waals surface area contributed by atoms with Crippen LogP contribution in [0.2, 0.25) is 0 Å². The maximum Gasteiger partial charge on any atom is 0.234 e. The number of aryl methyl sites for hydroxylation is 4. The van der Waals surface area contributed by atoms with Gasteiger partial charge in [-0.15, -0.1) is 10.2 Å². The monoisotopic (exact) mass is 424 g/mol. The molecule has 7 heteroatoms. The fraction of sp³-hybridized carbons (Fsp3) is 0.348. The zero-order valence-electron chi connectivity index (χ0n) is 18.2. The van der Waals surface area contributed by atoms with Crippen LogP contribution < -0.4 is 10.1 Å². The third-order valence-corrected chi connectivity index (χ3v) is 5.89. The first-order chi connectivity index (χ1) is 14.4. The van der Waals surface area contributed by atoms with Crippen molar-refractivity contribution in [2.45, 2.75) is 52.9 Å². The molecule has 0 bridgehead atoms. The quantitative estimate of drug-likeness (QED) is 0.524. The van der Waals surface area contributed by atoms with E-state index in [-0.39, 0.29) is 11.7 Å². The highest BCUT2D eigenvalue weighted by atomic mass is 32.2. The van der Waals surface area contributed by atoms with E-state index in [0.717, 1.165) is 28.4 Å². The molecule has 0 saturated carbocycles. The van der Waals surface area contributed by atoms with Crippen molar-refractivity contribution in [3.05, 3.63) is 64.5 Å². The predicted molar refractivity (Wildman–Crippen MR) is 121 cm³/mol. The molecule has 3 rings (SSSR count). The highest BCUT2D eigenvalue weighted by Gasteiger charge is 2.14. The maximum absolute atomic E-state index is 12.4. The molecule has 0 saturated heterocycles. The Morgan fingerprint density at radius 3 is 2.53 bits per heavy atom. The van der Waals surface area contributed by atoms with Crippen LogP contribution in [0.1, 0.15) is 35.0 Å². The molecule has 2 aromatic carbocycles. The minimum Gasteiger partial charge on any atom is -0.485 e. The van der Waals surface area contributed by atoms with Crippen molar-refractivity contribution >= 4 is 23.4 Å². The van der Waals surface area contributed by atoms with Gasteiger partial charge in [0.2, 0.25) is 5.91 Å². The van der Waals surface area contributed by atoms with Crippen molar-refractivity contribution in [2.24, 2.45) is 0 Å². The number of carbonyl (C=O) groups is 1. The maximum atomic E-state index is 12.4. The van der Waals surface area contributed by atoms with Gasteiger partial charge < -0.3 is 14.6 Å². The van der Waals surface area contributed by atoms with Gasteiger partial charge in [0.15, 0.2) is 11.0 Å². The Balaban J connectivity index is 1.59. The van der Waals surface area contributed by atoms with Crippen LogP contribution in [0.5, 0.6) is 5.75 Å². The second-order valence-electron chi connectivity index (χ2n) is 7.34. The van der Waals surface area contributed by atoms with Gasteiger partial charge in [0.25, 0.3) is 0 Å². The summed E-state index contributed by atoms with van der Waals surface area (Å²) < 4.78 is 7.93. The smallest absolute Gasteiger partial charge is 0.234 e. The Labute approximate surface area is 182 Å². The van der Waals surface area contributed by atoms with Crippen molar-refractivity contribution < 1.29 is 9.53 Å². The number of thioether (sulfide) groups is 1. The van der Waals surface area contributed by atoms with Crippen LogP contribution >= 0.6 is 11.8 Å². The van der Waals surface area contributed by atoms with Gasteiger partial charge in [-0.25, -0.2) is 0 Å². The van der Waals surface area contributed by atoms with Crippen LogP contribution in [0.3, 0.4) is 0 Å². The molecule has 30 heavy (non-hydrogen) atoms. The molecule has 3 aromatic rings. The van der Waals surface area contributed by atoms with Gasteiger partial charge in [0.05, 0.1) is 5.75 Å². The molecule has 6 nitrogen and oxygen atoms in total. The molecule has 0 radical (unpaired) electrons. The lowest BCUT2D eigenvalue weighted by Gasteiger charge is -2.11. The Morgan fingerprint density at radius 2 is 1.83 bits per heavy atom. The van der Waals surface area contributed by atoms with Gasteiger partial charge in [0.1, 0.15) is 12.4 Å². The fourth-order valence-corrected chi connectivity index (χ4v) is 3.92. The highest BCUT2D eigenvalue weighted by molar-refractivity contribution is 7.99. The molecule has 1 amide bonds. The van der Waals surface area contributed by atoms with Gasteiger partial charge >= 0.3 is 0 Å². The zero-order valence-corrected chi connectivity index (χ0v) is 19.0. The van der Waals surface area contributed by atoms with Gasteiger partial charge in [-0.05, 0) is 69.5 Å². The average molecular weight is 425 g/mol. The second-order valence-corrected chi connectivity index (χ2v) is 8.28. The van der Waals surface area contributed by atoms with Gasteiger partial charge in [-0.2, -0.15) is 0 Å². The van der Waals surface area contributed by atoms with Gasteiger partial charge in [-0.3, -0.25) is 4.79 Å². The summed E-state index contributed by atoms with van der Waals surface area (Å²) in [7, 11) is 0. The largest absolute Gasteiger partial charge is 0.485 e. The lowest BCUT2D eigenvalue weighted by atomic mass is 10.1. The fourth-order valence-electron chi connectivity index (χ4n) is 3.10. The van der Waals surface area contributed by atoms with Crippen LogP contribution in [-0.2, 0) is 17.9 Å². The lowest BCUT2D eigenvalue weighted by molar-refractivity contribution is -0.113. The number of rotatable bonds is 8. The number of nitrogens with one attached hydrogen (secondary N) is 1. The minimum absolute atomic E-state index is 0.0676. The molecule has 0 fully saturated rings. The van der Waals surface area contributed by atoms with E-state index >= 15 is 0 Å². The zero-order chi connectivity index (χ0) is 21.7. The van der Waals surface area contributed by atoms with Crippen molar-refractivity contribution in [3.8, 4) is 5.75 Å². The SMILES string of the molecule is CCn1c(COc2ccc(C)cc2C)nnc1SCC(=O)Nc1ccc(C)c(C)c1. The minimum atomic E-state index is -0.0676. The highest BCUT2D eigenvalue weighted by Crippen LogP contribution is 2.22. The molecule has 0 spiro atoms.